The smallest absolute Gasteiger partial charge is 0.180 e. The summed E-state index contributed by atoms with van der Waals surface area (Å²) in [7, 11) is 0. The molecule has 1 aromatic heterocycles. The SMILES string of the molecule is Cc1ccccc1COc1cccc(-c2csc(N)n2)c1. The van der Waals surface area contributed by atoms with Crippen molar-refractivity contribution in [1.82, 2.24) is 4.98 Å². The number of nitrogens with two attached hydrogens (primary N) is 1. The van der Waals surface area contributed by atoms with Crippen LogP contribution in [0.5, 0.6) is 5.75 Å². The molecule has 0 atom stereocenters. The summed E-state index contributed by atoms with van der Waals surface area (Å²) < 4.78 is 5.89. The number of nitrogens with zero attached hydrogens (tertiary/aromatic N) is 1. The molecule has 0 saturated carbocycles. The summed E-state index contributed by atoms with van der Waals surface area (Å²) in [4.78, 5) is 4.30. The van der Waals surface area contributed by atoms with Crippen molar-refractivity contribution in [2.24, 2.45) is 0 Å². The Bertz CT molecular complexity index is 752. The Morgan fingerprint density at radius 1 is 1.14 bits per heavy atom. The Kier molecular flexibility index (Phi) is 3.88. The van der Waals surface area contributed by atoms with Gasteiger partial charge in [-0.25, -0.2) is 4.98 Å². The summed E-state index contributed by atoms with van der Waals surface area (Å²) in [6, 6.07) is 16.2. The van der Waals surface area contributed by atoms with Gasteiger partial charge in [-0.1, -0.05) is 36.4 Å². The van der Waals surface area contributed by atoms with Gasteiger partial charge in [0.25, 0.3) is 0 Å². The van der Waals surface area contributed by atoms with Gasteiger partial charge in [-0.3, -0.25) is 0 Å². The minimum atomic E-state index is 0.565. The number of ether oxygens (including phenoxy) is 1. The first-order chi connectivity index (χ1) is 10.2. The number of hydrogen-bond acceptors (Lipinski definition) is 4. The molecular weight excluding hydrogens is 280 g/mol. The number of thiazole rings is 1. The van der Waals surface area contributed by atoms with Crippen LogP contribution in [0, 0.1) is 6.92 Å². The highest BCUT2D eigenvalue weighted by molar-refractivity contribution is 7.13. The molecule has 3 aromatic rings. The number of anilines is 1. The Labute approximate surface area is 128 Å². The van der Waals surface area contributed by atoms with Crippen LogP contribution < -0.4 is 10.5 Å². The molecule has 0 aliphatic heterocycles. The zero-order valence-electron chi connectivity index (χ0n) is 11.7. The van der Waals surface area contributed by atoms with Crippen LogP contribution >= 0.6 is 11.3 Å². The number of hydrogen-bond donors (Lipinski definition) is 1. The first kappa shape index (κ1) is 13.6. The predicted molar refractivity (Wildman–Crippen MR) is 87.5 cm³/mol. The van der Waals surface area contributed by atoms with Gasteiger partial charge in [-0.15, -0.1) is 11.3 Å². The number of rotatable bonds is 4. The number of aromatic nitrogens is 1. The molecular formula is C17H16N2OS. The summed E-state index contributed by atoms with van der Waals surface area (Å²) in [5.74, 6) is 0.835. The topological polar surface area (TPSA) is 48.1 Å². The fourth-order valence-corrected chi connectivity index (χ4v) is 2.67. The lowest BCUT2D eigenvalue weighted by Gasteiger charge is -2.09. The van der Waals surface area contributed by atoms with Crippen molar-refractivity contribution in [1.29, 1.82) is 0 Å². The molecule has 4 heteroatoms. The molecule has 2 aromatic carbocycles. The highest BCUT2D eigenvalue weighted by Crippen LogP contribution is 2.26. The molecule has 21 heavy (non-hydrogen) atoms. The summed E-state index contributed by atoms with van der Waals surface area (Å²) in [5, 5.41) is 2.53. The molecule has 0 amide bonds. The lowest BCUT2D eigenvalue weighted by Crippen LogP contribution is -1.97. The van der Waals surface area contributed by atoms with Crippen molar-refractivity contribution in [3.8, 4) is 17.0 Å². The zero-order chi connectivity index (χ0) is 14.7. The largest absolute Gasteiger partial charge is 0.489 e. The van der Waals surface area contributed by atoms with Gasteiger partial charge in [-0.2, -0.15) is 0 Å². The second-order valence-electron chi connectivity index (χ2n) is 4.81. The van der Waals surface area contributed by atoms with E-state index in [1.807, 2.05) is 41.8 Å². The van der Waals surface area contributed by atoms with Gasteiger partial charge >= 0.3 is 0 Å². The Morgan fingerprint density at radius 3 is 2.76 bits per heavy atom. The summed E-state index contributed by atoms with van der Waals surface area (Å²) >= 11 is 1.44. The van der Waals surface area contributed by atoms with Gasteiger partial charge in [0.1, 0.15) is 12.4 Å². The van der Waals surface area contributed by atoms with E-state index in [0.717, 1.165) is 17.0 Å². The van der Waals surface area contributed by atoms with Crippen molar-refractivity contribution < 1.29 is 4.74 Å². The van der Waals surface area contributed by atoms with Crippen LogP contribution in [-0.2, 0) is 6.61 Å². The third-order valence-electron chi connectivity index (χ3n) is 3.31. The highest BCUT2D eigenvalue weighted by Gasteiger charge is 2.05. The second-order valence-corrected chi connectivity index (χ2v) is 5.70. The molecule has 106 valence electrons. The molecule has 0 radical (unpaired) electrons. The first-order valence-corrected chi connectivity index (χ1v) is 7.59. The van der Waals surface area contributed by atoms with Crippen molar-refractivity contribution >= 4 is 16.5 Å². The number of benzene rings is 2. The van der Waals surface area contributed by atoms with Crippen LogP contribution in [-0.4, -0.2) is 4.98 Å². The van der Waals surface area contributed by atoms with Gasteiger partial charge in [-0.05, 0) is 30.2 Å². The van der Waals surface area contributed by atoms with E-state index in [1.165, 1.54) is 22.5 Å². The zero-order valence-corrected chi connectivity index (χ0v) is 12.6. The predicted octanol–water partition coefficient (Wildman–Crippen LogP) is 4.28. The van der Waals surface area contributed by atoms with E-state index in [2.05, 4.69) is 24.0 Å². The molecule has 0 bridgehead atoms. The van der Waals surface area contributed by atoms with Crippen molar-refractivity contribution in [2.75, 3.05) is 5.73 Å². The minimum Gasteiger partial charge on any atom is -0.489 e. The quantitative estimate of drug-likeness (QED) is 0.781. The van der Waals surface area contributed by atoms with E-state index < -0.39 is 0 Å². The van der Waals surface area contributed by atoms with Crippen molar-refractivity contribution in [3.63, 3.8) is 0 Å². The Hall–Kier alpha value is -2.33. The molecule has 0 unspecified atom stereocenters. The molecule has 3 nitrogen and oxygen atoms in total. The van der Waals surface area contributed by atoms with E-state index in [4.69, 9.17) is 10.5 Å². The number of aryl methyl sites for hydroxylation is 1. The summed E-state index contributed by atoms with van der Waals surface area (Å²) in [6.45, 7) is 2.66. The van der Waals surface area contributed by atoms with Gasteiger partial charge < -0.3 is 10.5 Å². The first-order valence-electron chi connectivity index (χ1n) is 6.71. The third kappa shape index (κ3) is 3.23. The number of nitrogen functional groups attached to an aromatic ring is 1. The molecule has 0 spiro atoms. The van der Waals surface area contributed by atoms with Crippen LogP contribution in [0.4, 0.5) is 5.13 Å². The van der Waals surface area contributed by atoms with E-state index in [9.17, 15) is 0 Å². The highest BCUT2D eigenvalue weighted by atomic mass is 32.1. The Balaban J connectivity index is 1.76. The average molecular weight is 296 g/mol. The third-order valence-corrected chi connectivity index (χ3v) is 3.98. The molecule has 3 rings (SSSR count). The van der Waals surface area contributed by atoms with E-state index in [1.54, 1.807) is 0 Å². The van der Waals surface area contributed by atoms with Crippen molar-refractivity contribution in [3.05, 3.63) is 65.0 Å². The molecule has 2 N–H and O–H groups in total. The van der Waals surface area contributed by atoms with E-state index >= 15 is 0 Å². The second kappa shape index (κ2) is 5.97. The van der Waals surface area contributed by atoms with Crippen LogP contribution in [0.3, 0.4) is 0 Å². The maximum Gasteiger partial charge on any atom is 0.180 e. The van der Waals surface area contributed by atoms with Crippen molar-refractivity contribution in [2.45, 2.75) is 13.5 Å². The van der Waals surface area contributed by atoms with Crippen LogP contribution in [0.1, 0.15) is 11.1 Å². The van der Waals surface area contributed by atoms with Crippen LogP contribution in [0.2, 0.25) is 0 Å². The van der Waals surface area contributed by atoms with Gasteiger partial charge in [0.05, 0.1) is 5.69 Å². The van der Waals surface area contributed by atoms with Crippen LogP contribution in [0.15, 0.2) is 53.9 Å². The lowest BCUT2D eigenvalue weighted by molar-refractivity contribution is 0.305. The molecule has 0 fully saturated rings. The standard InChI is InChI=1S/C17H16N2OS/c1-12-5-2-3-6-14(12)10-20-15-8-4-7-13(9-15)16-11-21-17(18)19-16/h2-9,11H,10H2,1H3,(H2,18,19). The fourth-order valence-electron chi connectivity index (χ4n) is 2.10. The van der Waals surface area contributed by atoms with E-state index in [0.29, 0.717) is 11.7 Å². The molecule has 0 saturated heterocycles. The normalized spacial score (nSPS) is 10.5. The lowest BCUT2D eigenvalue weighted by atomic mass is 10.1. The van der Waals surface area contributed by atoms with Gasteiger partial charge in [0.2, 0.25) is 0 Å². The summed E-state index contributed by atoms with van der Waals surface area (Å²) in [6.07, 6.45) is 0. The average Bonchev–Trinajstić information content (AvgIpc) is 2.93. The van der Waals surface area contributed by atoms with E-state index in [-0.39, 0.29) is 0 Å². The fraction of sp³-hybridized carbons (Fsp3) is 0.118. The van der Waals surface area contributed by atoms with Gasteiger partial charge in [0.15, 0.2) is 5.13 Å². The van der Waals surface area contributed by atoms with Crippen LogP contribution in [0.25, 0.3) is 11.3 Å². The molecule has 0 aliphatic rings. The Morgan fingerprint density at radius 2 is 2.00 bits per heavy atom. The monoisotopic (exact) mass is 296 g/mol. The minimum absolute atomic E-state index is 0.565. The van der Waals surface area contributed by atoms with Gasteiger partial charge in [0, 0.05) is 10.9 Å². The maximum atomic E-state index is 5.89. The molecule has 1 heterocycles. The molecule has 0 aliphatic carbocycles. The summed E-state index contributed by atoms with van der Waals surface area (Å²) in [5.41, 5.74) is 10.0. The maximum absolute atomic E-state index is 5.89.